The summed E-state index contributed by atoms with van der Waals surface area (Å²) in [4.78, 5) is 23.7. The summed E-state index contributed by atoms with van der Waals surface area (Å²) in [7, 11) is 0. The lowest BCUT2D eigenvalue weighted by Crippen LogP contribution is -2.40. The van der Waals surface area contributed by atoms with Crippen molar-refractivity contribution in [1.82, 2.24) is 4.90 Å². The first kappa shape index (κ1) is 13.5. The van der Waals surface area contributed by atoms with Crippen LogP contribution in [0, 0.1) is 16.0 Å². The second-order valence-corrected chi connectivity index (χ2v) is 4.73. The smallest absolute Gasteiger partial charge is 0.395 e. The second-order valence-electron chi connectivity index (χ2n) is 4.73. The lowest BCUT2D eigenvalue weighted by atomic mass is 9.95. The summed E-state index contributed by atoms with van der Waals surface area (Å²) in [5, 5.41) is 10.5. The van der Waals surface area contributed by atoms with E-state index in [4.69, 9.17) is 10.2 Å². The summed E-state index contributed by atoms with van der Waals surface area (Å²) in [6, 6.07) is 2.56. The molecular weight excluding hydrogens is 250 g/mol. The molecule has 1 aromatic rings. The zero-order valence-electron chi connectivity index (χ0n) is 10.6. The molecule has 7 heteroatoms. The Bertz CT molecular complexity index is 469. The van der Waals surface area contributed by atoms with Gasteiger partial charge in [0.05, 0.1) is 6.07 Å². The molecule has 0 saturated carbocycles. The number of furan rings is 1. The molecule has 1 aliphatic rings. The lowest BCUT2D eigenvalue weighted by molar-refractivity contribution is -0.402. The van der Waals surface area contributed by atoms with Gasteiger partial charge in [-0.1, -0.05) is 0 Å². The van der Waals surface area contributed by atoms with E-state index in [9.17, 15) is 14.9 Å². The van der Waals surface area contributed by atoms with Gasteiger partial charge in [-0.05, 0) is 37.8 Å². The number of hydrogen-bond acceptors (Lipinski definition) is 5. The SMILES string of the molecule is NCCC1CCCN(C(=O)c2ccc([N+](=O)[O-])o2)C1. The van der Waals surface area contributed by atoms with E-state index >= 15 is 0 Å². The normalized spacial score (nSPS) is 19.4. The van der Waals surface area contributed by atoms with E-state index in [0.717, 1.165) is 19.3 Å². The molecule has 0 aromatic carbocycles. The first-order valence-electron chi connectivity index (χ1n) is 6.35. The first-order chi connectivity index (χ1) is 9.11. The van der Waals surface area contributed by atoms with E-state index < -0.39 is 10.8 Å². The highest BCUT2D eigenvalue weighted by Gasteiger charge is 2.27. The van der Waals surface area contributed by atoms with E-state index in [1.165, 1.54) is 12.1 Å². The predicted molar refractivity (Wildman–Crippen MR) is 67.7 cm³/mol. The summed E-state index contributed by atoms with van der Waals surface area (Å²) in [6.07, 6.45) is 2.89. The zero-order chi connectivity index (χ0) is 13.8. The van der Waals surface area contributed by atoms with Crippen LogP contribution in [0.4, 0.5) is 5.88 Å². The maximum Gasteiger partial charge on any atom is 0.433 e. The Morgan fingerprint density at radius 2 is 2.37 bits per heavy atom. The highest BCUT2D eigenvalue weighted by molar-refractivity contribution is 5.91. The average molecular weight is 267 g/mol. The zero-order valence-corrected chi connectivity index (χ0v) is 10.6. The number of piperidine rings is 1. The number of amides is 1. The summed E-state index contributed by atoms with van der Waals surface area (Å²) in [5.74, 6) is -0.249. The van der Waals surface area contributed by atoms with Crippen molar-refractivity contribution in [3.05, 3.63) is 28.0 Å². The minimum atomic E-state index is -0.649. The quantitative estimate of drug-likeness (QED) is 0.656. The third-order valence-electron chi connectivity index (χ3n) is 3.36. The fraction of sp³-hybridized carbons (Fsp3) is 0.583. The Morgan fingerprint density at radius 1 is 1.58 bits per heavy atom. The molecule has 1 fully saturated rings. The number of carbonyl (C=O) groups is 1. The van der Waals surface area contributed by atoms with Gasteiger partial charge in [-0.3, -0.25) is 14.9 Å². The summed E-state index contributed by atoms with van der Waals surface area (Å²) in [5.41, 5.74) is 5.53. The number of hydrogen-bond donors (Lipinski definition) is 1. The van der Waals surface area contributed by atoms with Crippen molar-refractivity contribution < 1.29 is 14.1 Å². The van der Waals surface area contributed by atoms with Crippen LogP contribution in [-0.4, -0.2) is 35.4 Å². The minimum Gasteiger partial charge on any atom is -0.395 e. The van der Waals surface area contributed by atoms with Crippen molar-refractivity contribution in [3.8, 4) is 0 Å². The number of carbonyl (C=O) groups excluding carboxylic acids is 1. The van der Waals surface area contributed by atoms with E-state index in [-0.39, 0.29) is 11.7 Å². The monoisotopic (exact) mass is 267 g/mol. The highest BCUT2D eigenvalue weighted by Crippen LogP contribution is 2.23. The predicted octanol–water partition coefficient (Wildman–Crippen LogP) is 1.39. The van der Waals surface area contributed by atoms with Gasteiger partial charge in [0, 0.05) is 13.1 Å². The van der Waals surface area contributed by atoms with E-state index in [1.807, 2.05) is 0 Å². The van der Waals surface area contributed by atoms with Gasteiger partial charge in [0.15, 0.2) is 5.76 Å². The summed E-state index contributed by atoms with van der Waals surface area (Å²) in [6.45, 7) is 1.91. The summed E-state index contributed by atoms with van der Waals surface area (Å²) >= 11 is 0. The maximum atomic E-state index is 12.2. The van der Waals surface area contributed by atoms with Crippen LogP contribution in [0.3, 0.4) is 0 Å². The van der Waals surface area contributed by atoms with Gasteiger partial charge >= 0.3 is 5.88 Å². The van der Waals surface area contributed by atoms with Gasteiger partial charge in [0.25, 0.3) is 5.91 Å². The van der Waals surface area contributed by atoms with Crippen LogP contribution in [0.5, 0.6) is 0 Å². The van der Waals surface area contributed by atoms with Gasteiger partial charge in [-0.25, -0.2) is 0 Å². The van der Waals surface area contributed by atoms with Gasteiger partial charge in [0.2, 0.25) is 0 Å². The number of likely N-dealkylation sites (tertiary alicyclic amines) is 1. The molecule has 0 bridgehead atoms. The second kappa shape index (κ2) is 5.83. The van der Waals surface area contributed by atoms with Crippen molar-refractivity contribution in [3.63, 3.8) is 0 Å². The Morgan fingerprint density at radius 3 is 3.00 bits per heavy atom. The first-order valence-corrected chi connectivity index (χ1v) is 6.35. The van der Waals surface area contributed by atoms with Crippen molar-refractivity contribution in [2.75, 3.05) is 19.6 Å². The van der Waals surface area contributed by atoms with E-state index in [2.05, 4.69) is 0 Å². The molecule has 19 heavy (non-hydrogen) atoms. The van der Waals surface area contributed by atoms with Crippen LogP contribution in [0.2, 0.25) is 0 Å². The Balaban J connectivity index is 2.03. The number of nitrogens with two attached hydrogens (primary N) is 1. The van der Waals surface area contributed by atoms with Gasteiger partial charge in [-0.15, -0.1) is 0 Å². The standard InChI is InChI=1S/C12H17N3O4/c13-6-5-9-2-1-7-14(8-9)12(16)10-3-4-11(19-10)15(17)18/h3-4,9H,1-2,5-8,13H2. The summed E-state index contributed by atoms with van der Waals surface area (Å²) < 4.78 is 4.94. The number of rotatable bonds is 4. The van der Waals surface area contributed by atoms with Gasteiger partial charge in [0.1, 0.15) is 4.92 Å². The molecule has 2 N–H and O–H groups in total. The molecule has 1 saturated heterocycles. The average Bonchev–Trinajstić information content (AvgIpc) is 2.88. The van der Waals surface area contributed by atoms with Crippen LogP contribution in [0.15, 0.2) is 16.5 Å². The van der Waals surface area contributed by atoms with Crippen LogP contribution >= 0.6 is 0 Å². The molecule has 1 amide bonds. The van der Waals surface area contributed by atoms with Gasteiger partial charge in [-0.2, -0.15) is 0 Å². The maximum absolute atomic E-state index is 12.2. The molecule has 2 heterocycles. The van der Waals surface area contributed by atoms with Crippen molar-refractivity contribution >= 4 is 11.8 Å². The third-order valence-corrected chi connectivity index (χ3v) is 3.36. The molecule has 0 spiro atoms. The molecular formula is C12H17N3O4. The van der Waals surface area contributed by atoms with Crippen molar-refractivity contribution in [1.29, 1.82) is 0 Å². The lowest BCUT2D eigenvalue weighted by Gasteiger charge is -2.32. The molecule has 0 aliphatic carbocycles. The van der Waals surface area contributed by atoms with Crippen LogP contribution < -0.4 is 5.73 Å². The number of nitro groups is 1. The largest absolute Gasteiger partial charge is 0.433 e. The van der Waals surface area contributed by atoms with Crippen molar-refractivity contribution in [2.45, 2.75) is 19.3 Å². The third kappa shape index (κ3) is 3.11. The molecule has 2 rings (SSSR count). The van der Waals surface area contributed by atoms with E-state index in [0.29, 0.717) is 25.6 Å². The van der Waals surface area contributed by atoms with Crippen LogP contribution in [0.1, 0.15) is 29.8 Å². The van der Waals surface area contributed by atoms with Crippen molar-refractivity contribution in [2.24, 2.45) is 11.7 Å². The fourth-order valence-electron chi connectivity index (χ4n) is 2.42. The van der Waals surface area contributed by atoms with Gasteiger partial charge < -0.3 is 15.1 Å². The Kier molecular flexibility index (Phi) is 4.16. The molecule has 0 radical (unpaired) electrons. The molecule has 104 valence electrons. The highest BCUT2D eigenvalue weighted by atomic mass is 16.6. The van der Waals surface area contributed by atoms with E-state index in [1.54, 1.807) is 4.90 Å². The Hall–Kier alpha value is -1.89. The molecule has 7 nitrogen and oxygen atoms in total. The minimum absolute atomic E-state index is 0.0279. The van der Waals surface area contributed by atoms with Crippen LogP contribution in [0.25, 0.3) is 0 Å². The fourth-order valence-corrected chi connectivity index (χ4v) is 2.42. The topological polar surface area (TPSA) is 103 Å². The van der Waals surface area contributed by atoms with Crippen LogP contribution in [-0.2, 0) is 0 Å². The molecule has 1 aromatic heterocycles. The molecule has 1 atom stereocenters. The Labute approximate surface area is 110 Å². The molecule has 1 aliphatic heterocycles. The molecule has 1 unspecified atom stereocenters. The number of nitrogens with zero attached hydrogens (tertiary/aromatic N) is 2.